The Morgan fingerprint density at radius 2 is 2.30 bits per heavy atom. The summed E-state index contributed by atoms with van der Waals surface area (Å²) >= 11 is 0. The molecule has 3 rings (SSSR count). The van der Waals surface area contributed by atoms with Gasteiger partial charge in [-0.2, -0.15) is 0 Å². The molecule has 2 amide bonds. The van der Waals surface area contributed by atoms with E-state index in [9.17, 15) is 4.79 Å². The lowest BCUT2D eigenvalue weighted by Gasteiger charge is -2.18. The van der Waals surface area contributed by atoms with Gasteiger partial charge in [0, 0.05) is 30.0 Å². The molecule has 0 saturated carbocycles. The van der Waals surface area contributed by atoms with Gasteiger partial charge in [-0.05, 0) is 31.2 Å². The van der Waals surface area contributed by atoms with Gasteiger partial charge < -0.3 is 15.1 Å². The van der Waals surface area contributed by atoms with Crippen LogP contribution in [0.15, 0.2) is 47.3 Å². The van der Waals surface area contributed by atoms with Crippen LogP contribution in [-0.2, 0) is 0 Å². The molecule has 1 unspecified atom stereocenters. The zero-order valence-electron chi connectivity index (χ0n) is 11.3. The molecule has 104 valence electrons. The zero-order chi connectivity index (χ0) is 13.9. The smallest absolute Gasteiger partial charge is 0.321 e. The molecule has 5 heteroatoms. The first kappa shape index (κ1) is 12.6. The number of carbonyl (C=O) groups excluding carboxylic acids is 1. The summed E-state index contributed by atoms with van der Waals surface area (Å²) in [5.41, 5.74) is 2.98. The molecule has 20 heavy (non-hydrogen) atoms. The number of carbonyl (C=O) groups is 1. The topological polar surface area (TPSA) is 57.5 Å². The minimum absolute atomic E-state index is 0.0370. The van der Waals surface area contributed by atoms with Gasteiger partial charge in [0.05, 0.1) is 18.6 Å². The molecule has 1 aromatic carbocycles. The Bertz CT molecular complexity index is 595. The van der Waals surface area contributed by atoms with E-state index in [-0.39, 0.29) is 12.1 Å². The van der Waals surface area contributed by atoms with E-state index in [0.29, 0.717) is 13.1 Å². The van der Waals surface area contributed by atoms with Gasteiger partial charge in [-0.3, -0.25) is 4.90 Å². The van der Waals surface area contributed by atoms with Gasteiger partial charge in [-0.15, -0.1) is 0 Å². The van der Waals surface area contributed by atoms with E-state index in [1.54, 1.807) is 17.4 Å². The van der Waals surface area contributed by atoms with Crippen LogP contribution in [0.5, 0.6) is 0 Å². The number of hydrogen-bond acceptors (Lipinski definition) is 3. The highest BCUT2D eigenvalue weighted by Gasteiger charge is 2.21. The maximum absolute atomic E-state index is 11.7. The highest BCUT2D eigenvalue weighted by Crippen LogP contribution is 2.24. The summed E-state index contributed by atoms with van der Waals surface area (Å²) < 4.78 is 5.09. The Kier molecular flexibility index (Phi) is 3.33. The van der Waals surface area contributed by atoms with Crippen molar-refractivity contribution in [2.45, 2.75) is 13.0 Å². The van der Waals surface area contributed by atoms with Crippen LogP contribution in [0.4, 0.5) is 16.2 Å². The lowest BCUT2D eigenvalue weighted by Crippen LogP contribution is -2.27. The van der Waals surface area contributed by atoms with E-state index in [2.05, 4.69) is 17.6 Å². The highest BCUT2D eigenvalue weighted by atomic mass is 16.3. The van der Waals surface area contributed by atoms with E-state index in [0.717, 1.165) is 16.9 Å². The third-order valence-corrected chi connectivity index (χ3v) is 3.44. The van der Waals surface area contributed by atoms with Crippen molar-refractivity contribution in [1.82, 2.24) is 5.32 Å². The predicted octanol–water partition coefficient (Wildman–Crippen LogP) is 2.98. The van der Waals surface area contributed by atoms with Gasteiger partial charge >= 0.3 is 6.03 Å². The molecule has 1 fully saturated rings. The Labute approximate surface area is 117 Å². The zero-order valence-corrected chi connectivity index (χ0v) is 11.3. The van der Waals surface area contributed by atoms with Crippen LogP contribution in [0.25, 0.3) is 0 Å². The van der Waals surface area contributed by atoms with E-state index in [1.165, 1.54) is 0 Å². The second kappa shape index (κ2) is 5.28. The van der Waals surface area contributed by atoms with Crippen molar-refractivity contribution in [3.05, 3.63) is 48.4 Å². The van der Waals surface area contributed by atoms with Gasteiger partial charge in [0.15, 0.2) is 0 Å². The van der Waals surface area contributed by atoms with Crippen LogP contribution >= 0.6 is 0 Å². The second-order valence-corrected chi connectivity index (χ2v) is 4.86. The third-order valence-electron chi connectivity index (χ3n) is 3.44. The monoisotopic (exact) mass is 271 g/mol. The van der Waals surface area contributed by atoms with Gasteiger partial charge in [0.25, 0.3) is 0 Å². The molecule has 0 spiro atoms. The number of urea groups is 1. The van der Waals surface area contributed by atoms with Crippen LogP contribution in [0.3, 0.4) is 0 Å². The second-order valence-electron chi connectivity index (χ2n) is 4.86. The molecule has 2 heterocycles. The van der Waals surface area contributed by atoms with Crippen molar-refractivity contribution in [1.29, 1.82) is 0 Å². The Morgan fingerprint density at radius 1 is 1.40 bits per heavy atom. The number of furan rings is 1. The fraction of sp³-hybridized carbons (Fsp3) is 0.267. The SMILES string of the molecule is CC(Nc1cccc(N2CCNC2=O)c1)c1ccoc1. The van der Waals surface area contributed by atoms with Crippen molar-refractivity contribution in [3.8, 4) is 0 Å². The van der Waals surface area contributed by atoms with Crippen molar-refractivity contribution in [2.24, 2.45) is 0 Å². The van der Waals surface area contributed by atoms with Crippen LogP contribution in [0, 0.1) is 0 Å². The Morgan fingerprint density at radius 3 is 3.00 bits per heavy atom. The average Bonchev–Trinajstić information content (AvgIpc) is 3.10. The highest BCUT2D eigenvalue weighted by molar-refractivity contribution is 5.94. The summed E-state index contributed by atoms with van der Waals surface area (Å²) in [6, 6.07) is 9.93. The van der Waals surface area contributed by atoms with E-state index < -0.39 is 0 Å². The largest absolute Gasteiger partial charge is 0.472 e. The maximum atomic E-state index is 11.7. The summed E-state index contributed by atoms with van der Waals surface area (Å²) in [5.74, 6) is 0. The van der Waals surface area contributed by atoms with Gasteiger partial charge in [-0.25, -0.2) is 4.79 Å². The summed E-state index contributed by atoms with van der Waals surface area (Å²) in [6.45, 7) is 3.47. The average molecular weight is 271 g/mol. The summed E-state index contributed by atoms with van der Waals surface area (Å²) in [7, 11) is 0. The number of amides is 2. The van der Waals surface area contributed by atoms with E-state index in [4.69, 9.17) is 4.42 Å². The minimum atomic E-state index is -0.0370. The molecule has 1 aromatic heterocycles. The molecule has 0 bridgehead atoms. The Balaban J connectivity index is 1.76. The number of nitrogens with zero attached hydrogens (tertiary/aromatic N) is 1. The minimum Gasteiger partial charge on any atom is -0.472 e. The van der Waals surface area contributed by atoms with Crippen molar-refractivity contribution >= 4 is 17.4 Å². The standard InChI is InChI=1S/C15H17N3O2/c1-11(12-5-8-20-10-12)17-13-3-2-4-14(9-13)18-7-6-16-15(18)19/h2-5,8-11,17H,6-7H2,1H3,(H,16,19). The van der Waals surface area contributed by atoms with Crippen LogP contribution < -0.4 is 15.5 Å². The summed E-state index contributed by atoms with van der Waals surface area (Å²) in [6.07, 6.45) is 3.40. The first-order valence-corrected chi connectivity index (χ1v) is 6.68. The van der Waals surface area contributed by atoms with Gasteiger partial charge in [0.1, 0.15) is 0 Å². The number of nitrogens with one attached hydrogen (secondary N) is 2. The summed E-state index contributed by atoms with van der Waals surface area (Å²) in [5, 5.41) is 6.21. The number of benzene rings is 1. The third kappa shape index (κ3) is 2.47. The molecular formula is C15H17N3O2. The van der Waals surface area contributed by atoms with Crippen molar-refractivity contribution in [3.63, 3.8) is 0 Å². The molecule has 0 aliphatic carbocycles. The van der Waals surface area contributed by atoms with Crippen molar-refractivity contribution in [2.75, 3.05) is 23.3 Å². The van der Waals surface area contributed by atoms with E-state index >= 15 is 0 Å². The van der Waals surface area contributed by atoms with Crippen LogP contribution in [-0.4, -0.2) is 19.1 Å². The van der Waals surface area contributed by atoms with Gasteiger partial charge in [-0.1, -0.05) is 6.07 Å². The summed E-state index contributed by atoms with van der Waals surface area (Å²) in [4.78, 5) is 13.4. The quantitative estimate of drug-likeness (QED) is 0.898. The molecule has 1 saturated heterocycles. The number of hydrogen-bond donors (Lipinski definition) is 2. The first-order valence-electron chi connectivity index (χ1n) is 6.68. The molecule has 1 atom stereocenters. The molecule has 5 nitrogen and oxygen atoms in total. The Hall–Kier alpha value is -2.43. The maximum Gasteiger partial charge on any atom is 0.321 e. The lowest BCUT2D eigenvalue weighted by molar-refractivity contribution is 0.252. The number of anilines is 2. The molecule has 1 aliphatic heterocycles. The van der Waals surface area contributed by atoms with Crippen LogP contribution in [0.1, 0.15) is 18.5 Å². The normalized spacial score (nSPS) is 16.1. The number of rotatable bonds is 4. The molecule has 2 N–H and O–H groups in total. The lowest BCUT2D eigenvalue weighted by atomic mass is 10.1. The predicted molar refractivity (Wildman–Crippen MR) is 77.9 cm³/mol. The fourth-order valence-corrected chi connectivity index (χ4v) is 2.34. The molecule has 2 aromatic rings. The first-order chi connectivity index (χ1) is 9.74. The van der Waals surface area contributed by atoms with Crippen molar-refractivity contribution < 1.29 is 9.21 Å². The molecule has 0 radical (unpaired) electrons. The molecular weight excluding hydrogens is 254 g/mol. The fourth-order valence-electron chi connectivity index (χ4n) is 2.34. The van der Waals surface area contributed by atoms with Gasteiger partial charge in [0.2, 0.25) is 0 Å². The van der Waals surface area contributed by atoms with Crippen LogP contribution in [0.2, 0.25) is 0 Å². The van der Waals surface area contributed by atoms with E-state index in [1.807, 2.05) is 30.3 Å². The molecule has 1 aliphatic rings.